The number of amides is 2. The van der Waals surface area contributed by atoms with Crippen LogP contribution in [0.25, 0.3) is 10.9 Å². The first-order valence-corrected chi connectivity index (χ1v) is 9.51. The second-order valence-electron chi connectivity index (χ2n) is 7.28. The predicted molar refractivity (Wildman–Crippen MR) is 109 cm³/mol. The number of aromatic amines is 1. The maximum atomic E-state index is 13.1. The summed E-state index contributed by atoms with van der Waals surface area (Å²) >= 11 is 0. The molecule has 0 spiro atoms. The number of nitrogens with one attached hydrogen (secondary N) is 1. The van der Waals surface area contributed by atoms with E-state index in [2.05, 4.69) is 16.2 Å². The lowest BCUT2D eigenvalue weighted by Gasteiger charge is -2.40. The van der Waals surface area contributed by atoms with E-state index in [4.69, 9.17) is 4.74 Å². The van der Waals surface area contributed by atoms with E-state index in [-0.39, 0.29) is 18.4 Å². The first-order valence-electron chi connectivity index (χ1n) is 9.51. The number of fused-ring (bicyclic) bond motifs is 4. The van der Waals surface area contributed by atoms with Gasteiger partial charge in [-0.1, -0.05) is 18.2 Å². The van der Waals surface area contributed by atoms with Gasteiger partial charge >= 0.3 is 0 Å². The van der Waals surface area contributed by atoms with Gasteiger partial charge in [0.1, 0.15) is 18.3 Å². The van der Waals surface area contributed by atoms with Crippen LogP contribution in [0.15, 0.2) is 53.6 Å². The maximum Gasteiger partial charge on any atom is 0.266 e. The average Bonchev–Trinajstić information content (AvgIpc) is 3.12. The number of benzene rings is 2. The zero-order valence-corrected chi connectivity index (χ0v) is 16.0. The van der Waals surface area contributed by atoms with Gasteiger partial charge in [0, 0.05) is 23.0 Å². The van der Waals surface area contributed by atoms with E-state index in [1.807, 2.05) is 42.5 Å². The molecule has 3 aromatic rings. The molecule has 0 unspecified atom stereocenters. The number of rotatable bonds is 3. The Balaban J connectivity index is 1.41. The minimum absolute atomic E-state index is 0.0441. The average molecular weight is 388 g/mol. The molecule has 2 amide bonds. The van der Waals surface area contributed by atoms with Crippen LogP contribution < -0.4 is 4.74 Å². The van der Waals surface area contributed by atoms with Gasteiger partial charge in [-0.05, 0) is 41.5 Å². The highest BCUT2D eigenvalue weighted by atomic mass is 16.5. The Kier molecular flexibility index (Phi) is 4.08. The zero-order chi connectivity index (χ0) is 20.0. The number of ether oxygens (including phenoxy) is 1. The van der Waals surface area contributed by atoms with Crippen LogP contribution in [-0.2, 0) is 22.6 Å². The molecule has 7 heteroatoms. The molecule has 1 N–H and O–H groups in total. The Morgan fingerprint density at radius 1 is 1.10 bits per heavy atom. The van der Waals surface area contributed by atoms with Gasteiger partial charge in [0.05, 0.1) is 19.9 Å². The second-order valence-corrected chi connectivity index (χ2v) is 7.28. The number of H-pyrrole nitrogens is 1. The SMILES string of the molecule is COc1ccc(/C=N\N2CC(=O)N3Cc4[nH]c5ccccc5c4C[C@H]3C2=O)cc1. The third-order valence-corrected chi connectivity index (χ3v) is 5.61. The largest absolute Gasteiger partial charge is 0.497 e. The number of piperazine rings is 1. The standard InChI is InChI=1S/C22H20N4O3/c1-29-15-8-6-14(7-9-15)11-23-26-13-21(27)25-12-19-17(10-20(25)22(26)28)16-4-2-3-5-18(16)24-19/h2-9,11,20,24H,10,12-13H2,1H3/b23-11-/t20-/m0/s1. The molecule has 1 aromatic heterocycles. The van der Waals surface area contributed by atoms with Crippen LogP contribution >= 0.6 is 0 Å². The molecule has 2 aliphatic heterocycles. The molecular weight excluding hydrogens is 368 g/mol. The van der Waals surface area contributed by atoms with Gasteiger partial charge in [-0.25, -0.2) is 5.01 Å². The van der Waals surface area contributed by atoms with Crippen molar-refractivity contribution in [2.24, 2.45) is 5.10 Å². The normalized spacial score (nSPS) is 19.0. The molecule has 1 atom stereocenters. The minimum Gasteiger partial charge on any atom is -0.497 e. The summed E-state index contributed by atoms with van der Waals surface area (Å²) in [4.78, 5) is 30.9. The summed E-state index contributed by atoms with van der Waals surface area (Å²) in [5.41, 5.74) is 3.99. The van der Waals surface area contributed by atoms with E-state index in [9.17, 15) is 9.59 Å². The molecule has 3 heterocycles. The smallest absolute Gasteiger partial charge is 0.266 e. The van der Waals surface area contributed by atoms with Gasteiger partial charge in [-0.3, -0.25) is 9.59 Å². The molecule has 1 saturated heterocycles. The van der Waals surface area contributed by atoms with Crippen LogP contribution in [0.1, 0.15) is 16.8 Å². The van der Waals surface area contributed by atoms with Gasteiger partial charge in [-0.15, -0.1) is 0 Å². The molecule has 0 radical (unpaired) electrons. The Morgan fingerprint density at radius 2 is 1.90 bits per heavy atom. The third kappa shape index (κ3) is 2.95. The Hall–Kier alpha value is -3.61. The van der Waals surface area contributed by atoms with Gasteiger partial charge in [0.2, 0.25) is 5.91 Å². The molecule has 29 heavy (non-hydrogen) atoms. The van der Waals surface area contributed by atoms with E-state index in [1.165, 1.54) is 5.01 Å². The number of hydrogen-bond donors (Lipinski definition) is 1. The van der Waals surface area contributed by atoms with Crippen molar-refractivity contribution in [3.8, 4) is 5.75 Å². The molecule has 146 valence electrons. The summed E-state index contributed by atoms with van der Waals surface area (Å²) in [6.07, 6.45) is 2.10. The van der Waals surface area contributed by atoms with Crippen molar-refractivity contribution in [2.75, 3.05) is 13.7 Å². The number of para-hydroxylation sites is 1. The molecule has 2 aromatic carbocycles. The summed E-state index contributed by atoms with van der Waals surface area (Å²) in [5, 5.41) is 6.70. The number of methoxy groups -OCH3 is 1. The van der Waals surface area contributed by atoms with E-state index in [0.29, 0.717) is 13.0 Å². The van der Waals surface area contributed by atoms with Crippen LogP contribution in [0.2, 0.25) is 0 Å². The number of carbonyl (C=O) groups is 2. The Bertz CT molecular complexity index is 1130. The maximum absolute atomic E-state index is 13.1. The van der Waals surface area contributed by atoms with Crippen LogP contribution in [-0.4, -0.2) is 52.6 Å². The molecule has 5 rings (SSSR count). The fourth-order valence-electron chi connectivity index (χ4n) is 4.08. The number of hydrazone groups is 1. The van der Waals surface area contributed by atoms with E-state index >= 15 is 0 Å². The molecule has 2 aliphatic rings. The fourth-order valence-corrected chi connectivity index (χ4v) is 4.08. The number of nitrogens with zero attached hydrogens (tertiary/aromatic N) is 3. The van der Waals surface area contributed by atoms with Crippen molar-refractivity contribution in [2.45, 2.75) is 19.0 Å². The van der Waals surface area contributed by atoms with Crippen molar-refractivity contribution in [1.29, 1.82) is 0 Å². The van der Waals surface area contributed by atoms with Crippen LogP contribution in [0.4, 0.5) is 0 Å². The molecular formula is C22H20N4O3. The number of carbonyl (C=O) groups excluding carboxylic acids is 2. The van der Waals surface area contributed by atoms with Crippen molar-refractivity contribution in [3.05, 3.63) is 65.4 Å². The van der Waals surface area contributed by atoms with Crippen LogP contribution in [0, 0.1) is 0 Å². The summed E-state index contributed by atoms with van der Waals surface area (Å²) < 4.78 is 5.14. The summed E-state index contributed by atoms with van der Waals surface area (Å²) in [6.45, 7) is 0.382. The zero-order valence-electron chi connectivity index (χ0n) is 16.0. The topological polar surface area (TPSA) is 78.0 Å². The highest BCUT2D eigenvalue weighted by molar-refractivity contribution is 5.97. The fraction of sp³-hybridized carbons (Fsp3) is 0.227. The highest BCUT2D eigenvalue weighted by Crippen LogP contribution is 2.32. The van der Waals surface area contributed by atoms with Gasteiger partial charge < -0.3 is 14.6 Å². The minimum atomic E-state index is -0.518. The summed E-state index contributed by atoms with van der Waals surface area (Å²) in [6, 6.07) is 14.9. The van der Waals surface area contributed by atoms with Crippen molar-refractivity contribution in [1.82, 2.24) is 14.9 Å². The Morgan fingerprint density at radius 3 is 2.69 bits per heavy atom. The van der Waals surface area contributed by atoms with Gasteiger partial charge in [-0.2, -0.15) is 5.10 Å². The predicted octanol–water partition coefficient (Wildman–Crippen LogP) is 2.31. The number of aromatic nitrogens is 1. The lowest BCUT2D eigenvalue weighted by Crippen LogP contribution is -2.60. The van der Waals surface area contributed by atoms with E-state index in [0.717, 1.165) is 33.5 Å². The number of hydrogen-bond acceptors (Lipinski definition) is 4. The first-order chi connectivity index (χ1) is 14.1. The lowest BCUT2D eigenvalue weighted by molar-refractivity contribution is -0.157. The monoisotopic (exact) mass is 388 g/mol. The first kappa shape index (κ1) is 17.5. The lowest BCUT2D eigenvalue weighted by atomic mass is 9.94. The molecule has 7 nitrogen and oxygen atoms in total. The van der Waals surface area contributed by atoms with Crippen LogP contribution in [0.3, 0.4) is 0 Å². The summed E-state index contributed by atoms with van der Waals surface area (Å²) in [7, 11) is 1.61. The molecule has 0 saturated carbocycles. The van der Waals surface area contributed by atoms with E-state index < -0.39 is 6.04 Å². The molecule has 0 aliphatic carbocycles. The van der Waals surface area contributed by atoms with Crippen molar-refractivity contribution >= 4 is 28.9 Å². The highest BCUT2D eigenvalue weighted by Gasteiger charge is 2.43. The van der Waals surface area contributed by atoms with Gasteiger partial charge in [0.15, 0.2) is 0 Å². The van der Waals surface area contributed by atoms with Crippen LogP contribution in [0.5, 0.6) is 5.75 Å². The Labute approximate surface area is 167 Å². The molecule has 0 bridgehead atoms. The second kappa shape index (κ2) is 6.77. The summed E-state index contributed by atoms with van der Waals surface area (Å²) in [5.74, 6) is 0.509. The van der Waals surface area contributed by atoms with Gasteiger partial charge in [0.25, 0.3) is 5.91 Å². The third-order valence-electron chi connectivity index (χ3n) is 5.61. The van der Waals surface area contributed by atoms with Crippen molar-refractivity contribution in [3.63, 3.8) is 0 Å². The van der Waals surface area contributed by atoms with E-state index in [1.54, 1.807) is 18.2 Å². The quantitative estimate of drug-likeness (QED) is 0.700. The molecule has 1 fully saturated rings. The van der Waals surface area contributed by atoms with Crippen molar-refractivity contribution < 1.29 is 14.3 Å².